The van der Waals surface area contributed by atoms with E-state index >= 15 is 0 Å². The predicted molar refractivity (Wildman–Crippen MR) is 128 cm³/mol. The molecule has 1 fully saturated rings. The highest BCUT2D eigenvalue weighted by atomic mass is 19.1. The first-order chi connectivity index (χ1) is 16.9. The van der Waals surface area contributed by atoms with Crippen LogP contribution in [0.3, 0.4) is 0 Å². The number of likely N-dealkylation sites (tertiary alicyclic amines) is 1. The maximum absolute atomic E-state index is 14.3. The van der Waals surface area contributed by atoms with Crippen LogP contribution in [-0.2, 0) is 4.79 Å². The number of β-amino-alcohol motifs (C(OH)–C–C–N with tert-alkyl or cyclic N) is 1. The van der Waals surface area contributed by atoms with Gasteiger partial charge >= 0.3 is 0 Å². The summed E-state index contributed by atoms with van der Waals surface area (Å²) in [6.07, 6.45) is 0.915. The van der Waals surface area contributed by atoms with Gasteiger partial charge in [0.25, 0.3) is 5.91 Å². The van der Waals surface area contributed by atoms with Gasteiger partial charge in [0.05, 0.1) is 25.7 Å². The SMILES string of the molecule is COc1cc(C(=O)N[C@@H](CC(=O)N2CCC[C@H](O)C2)c2ccccc2C)nn1-c1ccccc1F. The van der Waals surface area contributed by atoms with Crippen molar-refractivity contribution in [3.8, 4) is 11.6 Å². The van der Waals surface area contributed by atoms with Crippen LogP contribution >= 0.6 is 0 Å². The molecule has 0 bridgehead atoms. The molecular weight excluding hydrogens is 451 g/mol. The van der Waals surface area contributed by atoms with E-state index in [2.05, 4.69) is 10.4 Å². The van der Waals surface area contributed by atoms with Crippen LogP contribution in [0.4, 0.5) is 4.39 Å². The molecule has 2 atom stereocenters. The van der Waals surface area contributed by atoms with Gasteiger partial charge in [0.2, 0.25) is 11.8 Å². The molecule has 9 heteroatoms. The van der Waals surface area contributed by atoms with Crippen LogP contribution in [-0.4, -0.2) is 57.9 Å². The number of hydrogen-bond acceptors (Lipinski definition) is 5. The summed E-state index contributed by atoms with van der Waals surface area (Å²) in [5.41, 5.74) is 1.92. The van der Waals surface area contributed by atoms with E-state index in [1.54, 1.807) is 17.0 Å². The van der Waals surface area contributed by atoms with Crippen molar-refractivity contribution in [3.05, 3.63) is 77.2 Å². The molecule has 0 aliphatic carbocycles. The van der Waals surface area contributed by atoms with Gasteiger partial charge in [-0.1, -0.05) is 36.4 Å². The number of rotatable bonds is 7. The summed E-state index contributed by atoms with van der Waals surface area (Å²) in [6, 6.07) is 14.4. The Morgan fingerprint density at radius 3 is 2.69 bits per heavy atom. The summed E-state index contributed by atoms with van der Waals surface area (Å²) in [6.45, 7) is 2.78. The van der Waals surface area contributed by atoms with Gasteiger partial charge in [0.1, 0.15) is 11.5 Å². The van der Waals surface area contributed by atoms with Crippen molar-refractivity contribution >= 4 is 11.8 Å². The minimum atomic E-state index is -0.611. The Bertz CT molecular complexity index is 1210. The summed E-state index contributed by atoms with van der Waals surface area (Å²) in [7, 11) is 1.41. The first kappa shape index (κ1) is 24.4. The number of nitrogens with one attached hydrogen (secondary N) is 1. The van der Waals surface area contributed by atoms with Crippen LogP contribution in [0.15, 0.2) is 54.6 Å². The third-order valence-corrected chi connectivity index (χ3v) is 6.20. The number of nitrogens with zero attached hydrogens (tertiary/aromatic N) is 3. The number of ether oxygens (including phenoxy) is 1. The average Bonchev–Trinajstić information content (AvgIpc) is 3.28. The van der Waals surface area contributed by atoms with Gasteiger partial charge in [-0.2, -0.15) is 9.78 Å². The zero-order valence-corrected chi connectivity index (χ0v) is 19.8. The topological polar surface area (TPSA) is 96.7 Å². The molecule has 1 saturated heterocycles. The van der Waals surface area contributed by atoms with Crippen LogP contribution in [0.1, 0.15) is 46.9 Å². The van der Waals surface area contributed by atoms with Crippen molar-refractivity contribution in [1.29, 1.82) is 0 Å². The highest BCUT2D eigenvalue weighted by Gasteiger charge is 2.28. The molecular formula is C26H29FN4O4. The quantitative estimate of drug-likeness (QED) is 0.542. The van der Waals surface area contributed by atoms with Crippen molar-refractivity contribution < 1.29 is 23.8 Å². The number of carbonyl (C=O) groups is 2. The third kappa shape index (κ3) is 5.51. The van der Waals surface area contributed by atoms with Crippen molar-refractivity contribution in [2.24, 2.45) is 0 Å². The van der Waals surface area contributed by atoms with Crippen LogP contribution in [0.5, 0.6) is 5.88 Å². The molecule has 0 radical (unpaired) electrons. The number of hydrogen-bond donors (Lipinski definition) is 2. The lowest BCUT2D eigenvalue weighted by Gasteiger charge is -2.31. The number of aromatic nitrogens is 2. The number of halogens is 1. The number of amides is 2. The lowest BCUT2D eigenvalue weighted by Crippen LogP contribution is -2.43. The van der Waals surface area contributed by atoms with E-state index in [0.29, 0.717) is 13.0 Å². The standard InChI is InChI=1S/C26H29FN4O4/c1-17-8-3-4-10-19(17)21(14-24(33)30-13-7-9-18(32)16-30)28-26(34)22-15-25(35-2)31(29-22)23-12-6-5-11-20(23)27/h3-6,8,10-12,15,18,21,32H,7,9,13-14,16H2,1-2H3,(H,28,34)/t18-,21-/m0/s1. The monoisotopic (exact) mass is 480 g/mol. The Morgan fingerprint density at radius 2 is 1.97 bits per heavy atom. The summed E-state index contributed by atoms with van der Waals surface area (Å²) < 4.78 is 20.9. The number of methoxy groups -OCH3 is 1. The fraction of sp³-hybridized carbons (Fsp3) is 0.346. The fourth-order valence-electron chi connectivity index (χ4n) is 4.35. The normalized spacial score (nSPS) is 16.6. The predicted octanol–water partition coefficient (Wildman–Crippen LogP) is 3.17. The molecule has 2 amide bonds. The number of aliphatic hydroxyl groups excluding tert-OH is 1. The van der Waals surface area contributed by atoms with Crippen molar-refractivity contribution in [2.45, 2.75) is 38.3 Å². The molecule has 35 heavy (non-hydrogen) atoms. The second-order valence-electron chi connectivity index (χ2n) is 8.66. The molecule has 0 saturated carbocycles. The Kier molecular flexibility index (Phi) is 7.45. The summed E-state index contributed by atoms with van der Waals surface area (Å²) in [5, 5.41) is 17.2. The highest BCUT2D eigenvalue weighted by Crippen LogP contribution is 2.25. The second kappa shape index (κ2) is 10.7. The van der Waals surface area contributed by atoms with Gasteiger partial charge in [-0.05, 0) is 43.0 Å². The average molecular weight is 481 g/mol. The Labute approximate surface area is 203 Å². The number of piperidine rings is 1. The Balaban J connectivity index is 1.60. The van der Waals surface area contributed by atoms with E-state index < -0.39 is 23.9 Å². The molecule has 184 valence electrons. The maximum atomic E-state index is 14.3. The molecule has 1 aliphatic rings. The molecule has 8 nitrogen and oxygen atoms in total. The number of carbonyl (C=O) groups excluding carboxylic acids is 2. The first-order valence-electron chi connectivity index (χ1n) is 11.6. The van der Waals surface area contributed by atoms with Gasteiger partial charge in [-0.25, -0.2) is 4.39 Å². The molecule has 3 aromatic rings. The molecule has 2 heterocycles. The minimum absolute atomic E-state index is 0.0320. The largest absolute Gasteiger partial charge is 0.481 e. The van der Waals surface area contributed by atoms with E-state index in [4.69, 9.17) is 4.74 Å². The third-order valence-electron chi connectivity index (χ3n) is 6.20. The van der Waals surface area contributed by atoms with Gasteiger partial charge in [-0.15, -0.1) is 0 Å². The second-order valence-corrected chi connectivity index (χ2v) is 8.66. The lowest BCUT2D eigenvalue weighted by molar-refractivity contribution is -0.134. The van der Waals surface area contributed by atoms with Crippen LogP contribution < -0.4 is 10.1 Å². The molecule has 2 aromatic carbocycles. The zero-order valence-electron chi connectivity index (χ0n) is 19.8. The maximum Gasteiger partial charge on any atom is 0.272 e. The van der Waals surface area contributed by atoms with Gasteiger partial charge in [0.15, 0.2) is 5.69 Å². The molecule has 1 aliphatic heterocycles. The number of aliphatic hydroxyl groups is 1. The smallest absolute Gasteiger partial charge is 0.272 e. The summed E-state index contributed by atoms with van der Waals surface area (Å²) >= 11 is 0. The summed E-state index contributed by atoms with van der Waals surface area (Å²) in [5.74, 6) is -0.969. The van der Waals surface area contributed by atoms with E-state index in [1.807, 2.05) is 31.2 Å². The van der Waals surface area contributed by atoms with Crippen molar-refractivity contribution in [2.75, 3.05) is 20.2 Å². The molecule has 0 unspecified atom stereocenters. The number of aryl methyl sites for hydroxylation is 1. The minimum Gasteiger partial charge on any atom is -0.481 e. The molecule has 4 rings (SSSR count). The molecule has 2 N–H and O–H groups in total. The Hall–Kier alpha value is -3.72. The van der Waals surface area contributed by atoms with E-state index in [1.165, 1.54) is 30.0 Å². The number of para-hydroxylation sites is 1. The fourth-order valence-corrected chi connectivity index (χ4v) is 4.35. The molecule has 1 aromatic heterocycles. The zero-order chi connectivity index (χ0) is 24.9. The van der Waals surface area contributed by atoms with Crippen LogP contribution in [0, 0.1) is 12.7 Å². The van der Waals surface area contributed by atoms with Gasteiger partial charge in [-0.3, -0.25) is 9.59 Å². The van der Waals surface area contributed by atoms with Crippen molar-refractivity contribution in [3.63, 3.8) is 0 Å². The van der Waals surface area contributed by atoms with Crippen LogP contribution in [0.2, 0.25) is 0 Å². The first-order valence-corrected chi connectivity index (χ1v) is 11.6. The van der Waals surface area contributed by atoms with Gasteiger partial charge < -0.3 is 20.1 Å². The Morgan fingerprint density at radius 1 is 1.23 bits per heavy atom. The number of benzene rings is 2. The van der Waals surface area contributed by atoms with E-state index in [9.17, 15) is 19.1 Å². The van der Waals surface area contributed by atoms with Gasteiger partial charge in [0, 0.05) is 19.2 Å². The highest BCUT2D eigenvalue weighted by molar-refractivity contribution is 5.93. The van der Waals surface area contributed by atoms with E-state index in [-0.39, 0.29) is 36.1 Å². The van der Waals surface area contributed by atoms with E-state index in [0.717, 1.165) is 17.5 Å². The summed E-state index contributed by atoms with van der Waals surface area (Å²) in [4.78, 5) is 28.0. The molecule has 0 spiro atoms. The van der Waals surface area contributed by atoms with Crippen LogP contribution in [0.25, 0.3) is 5.69 Å². The van der Waals surface area contributed by atoms with Crippen molar-refractivity contribution in [1.82, 2.24) is 20.0 Å². The lowest BCUT2D eigenvalue weighted by atomic mass is 9.97.